The first-order valence-electron chi connectivity index (χ1n) is 5.89. The molecule has 13 heavy (non-hydrogen) atoms. The molecule has 0 radical (unpaired) electrons. The maximum atomic E-state index is 3.76. The van der Waals surface area contributed by atoms with Crippen molar-refractivity contribution in [3.63, 3.8) is 0 Å². The molecule has 0 aromatic rings. The summed E-state index contributed by atoms with van der Waals surface area (Å²) in [6.07, 6.45) is 5.99. The van der Waals surface area contributed by atoms with Crippen molar-refractivity contribution >= 4 is 0 Å². The number of nitrogens with one attached hydrogen (secondary N) is 2. The van der Waals surface area contributed by atoms with Crippen LogP contribution in [0.2, 0.25) is 0 Å². The van der Waals surface area contributed by atoms with E-state index >= 15 is 0 Å². The topological polar surface area (TPSA) is 24.1 Å². The minimum atomic E-state index is 0.920. The van der Waals surface area contributed by atoms with Gasteiger partial charge < -0.3 is 10.6 Å². The summed E-state index contributed by atoms with van der Waals surface area (Å²) in [4.78, 5) is 0. The van der Waals surface area contributed by atoms with Crippen LogP contribution in [0.4, 0.5) is 0 Å². The van der Waals surface area contributed by atoms with Crippen LogP contribution in [-0.2, 0) is 0 Å². The van der Waals surface area contributed by atoms with Gasteiger partial charge in [-0.25, -0.2) is 0 Å². The average Bonchev–Trinajstić information content (AvgIpc) is 2.77. The predicted molar refractivity (Wildman–Crippen MR) is 53.6 cm³/mol. The normalized spacial score (nSPS) is 43.8. The molecule has 1 saturated heterocycles. The Hall–Kier alpha value is -0.0800. The molecule has 3 fully saturated rings. The minimum absolute atomic E-state index is 0.920. The van der Waals surface area contributed by atoms with Gasteiger partial charge in [0.15, 0.2) is 0 Å². The van der Waals surface area contributed by atoms with Gasteiger partial charge in [-0.2, -0.15) is 0 Å². The summed E-state index contributed by atoms with van der Waals surface area (Å²) < 4.78 is 0. The van der Waals surface area contributed by atoms with Gasteiger partial charge in [0, 0.05) is 25.7 Å². The van der Waals surface area contributed by atoms with Crippen LogP contribution in [0, 0.1) is 17.8 Å². The Bertz CT molecular complexity index is 177. The van der Waals surface area contributed by atoms with Crippen LogP contribution in [0.3, 0.4) is 0 Å². The smallest absolute Gasteiger partial charge is 0.0130 e. The third-order valence-electron chi connectivity index (χ3n) is 4.16. The van der Waals surface area contributed by atoms with E-state index in [9.17, 15) is 0 Å². The van der Waals surface area contributed by atoms with E-state index in [4.69, 9.17) is 0 Å². The van der Waals surface area contributed by atoms with Crippen molar-refractivity contribution in [2.45, 2.75) is 31.7 Å². The molecule has 3 aliphatic rings. The summed E-state index contributed by atoms with van der Waals surface area (Å²) in [6.45, 7) is 3.76. The Labute approximate surface area is 80.5 Å². The maximum Gasteiger partial charge on any atom is 0.0130 e. The Morgan fingerprint density at radius 1 is 1.08 bits per heavy atom. The molecule has 2 saturated carbocycles. The van der Waals surface area contributed by atoms with E-state index in [2.05, 4.69) is 10.6 Å². The van der Waals surface area contributed by atoms with Gasteiger partial charge >= 0.3 is 0 Å². The van der Waals surface area contributed by atoms with Crippen molar-refractivity contribution in [1.82, 2.24) is 10.6 Å². The average molecular weight is 180 g/mol. The van der Waals surface area contributed by atoms with Crippen molar-refractivity contribution in [2.75, 3.05) is 19.6 Å². The highest BCUT2D eigenvalue weighted by molar-refractivity contribution is 5.05. The standard InChI is InChI=1S/C11H20N2/c1-2-4-10-9(3-1)11(10)13-7-8-5-12-6-8/h8-13H,1-7H2. The quantitative estimate of drug-likeness (QED) is 0.676. The number of fused-ring (bicyclic) bond motifs is 1. The SMILES string of the molecule is C1CCC2C(C1)C2NCC1CNC1. The van der Waals surface area contributed by atoms with Crippen LogP contribution in [-0.4, -0.2) is 25.7 Å². The van der Waals surface area contributed by atoms with Gasteiger partial charge in [0.05, 0.1) is 0 Å². The van der Waals surface area contributed by atoms with Crippen molar-refractivity contribution in [3.8, 4) is 0 Å². The predicted octanol–water partition coefficient (Wildman–Crippen LogP) is 0.984. The second kappa shape index (κ2) is 3.25. The number of hydrogen-bond donors (Lipinski definition) is 2. The van der Waals surface area contributed by atoms with Crippen LogP contribution >= 0.6 is 0 Å². The molecule has 0 aromatic heterocycles. The van der Waals surface area contributed by atoms with Crippen LogP contribution < -0.4 is 10.6 Å². The third-order valence-corrected chi connectivity index (χ3v) is 4.16. The lowest BCUT2D eigenvalue weighted by atomic mass is 10.0. The van der Waals surface area contributed by atoms with Crippen molar-refractivity contribution in [1.29, 1.82) is 0 Å². The van der Waals surface area contributed by atoms with Gasteiger partial charge in [0.2, 0.25) is 0 Å². The van der Waals surface area contributed by atoms with Gasteiger partial charge in [-0.15, -0.1) is 0 Å². The monoisotopic (exact) mass is 180 g/mol. The molecule has 0 spiro atoms. The Kier molecular flexibility index (Phi) is 2.06. The van der Waals surface area contributed by atoms with E-state index in [1.54, 1.807) is 0 Å². The third kappa shape index (κ3) is 1.50. The van der Waals surface area contributed by atoms with Crippen LogP contribution in [0.5, 0.6) is 0 Å². The molecule has 2 nitrogen and oxygen atoms in total. The van der Waals surface area contributed by atoms with Crippen molar-refractivity contribution in [2.24, 2.45) is 17.8 Å². The molecule has 2 aliphatic carbocycles. The molecular weight excluding hydrogens is 160 g/mol. The highest BCUT2D eigenvalue weighted by Gasteiger charge is 2.50. The first kappa shape index (κ1) is 8.25. The van der Waals surface area contributed by atoms with Gasteiger partial charge in [-0.05, 0) is 30.6 Å². The molecule has 74 valence electrons. The second-order valence-electron chi connectivity index (χ2n) is 5.07. The maximum absolute atomic E-state index is 3.76. The van der Waals surface area contributed by atoms with E-state index in [0.717, 1.165) is 23.8 Å². The fourth-order valence-corrected chi connectivity index (χ4v) is 3.09. The van der Waals surface area contributed by atoms with E-state index in [1.807, 2.05) is 0 Å². The largest absolute Gasteiger partial charge is 0.316 e. The van der Waals surface area contributed by atoms with Crippen molar-refractivity contribution < 1.29 is 0 Å². The summed E-state index contributed by atoms with van der Waals surface area (Å²) in [5.41, 5.74) is 0. The summed E-state index contributed by atoms with van der Waals surface area (Å²) in [5.74, 6) is 3.08. The molecule has 2 atom stereocenters. The second-order valence-corrected chi connectivity index (χ2v) is 5.07. The summed E-state index contributed by atoms with van der Waals surface area (Å²) in [7, 11) is 0. The number of hydrogen-bond acceptors (Lipinski definition) is 2. The van der Waals surface area contributed by atoms with E-state index < -0.39 is 0 Å². The highest BCUT2D eigenvalue weighted by atomic mass is 15.0. The zero-order valence-corrected chi connectivity index (χ0v) is 8.26. The van der Waals surface area contributed by atoms with Crippen LogP contribution in [0.15, 0.2) is 0 Å². The zero-order chi connectivity index (χ0) is 8.67. The number of rotatable bonds is 3. The fraction of sp³-hybridized carbons (Fsp3) is 1.00. The minimum Gasteiger partial charge on any atom is -0.316 e. The summed E-state index contributed by atoms with van der Waals surface area (Å²) in [5, 5.41) is 7.09. The van der Waals surface area contributed by atoms with Crippen LogP contribution in [0.25, 0.3) is 0 Å². The highest BCUT2D eigenvalue weighted by Crippen LogP contribution is 2.49. The van der Waals surface area contributed by atoms with Crippen molar-refractivity contribution in [3.05, 3.63) is 0 Å². The first-order valence-corrected chi connectivity index (χ1v) is 5.89. The first-order chi connectivity index (χ1) is 6.45. The van der Waals surface area contributed by atoms with E-state index in [0.29, 0.717) is 0 Å². The molecule has 3 rings (SSSR count). The summed E-state index contributed by atoms with van der Waals surface area (Å²) >= 11 is 0. The molecule has 0 amide bonds. The Balaban J connectivity index is 1.41. The van der Waals surface area contributed by atoms with E-state index in [1.165, 1.54) is 45.3 Å². The molecule has 0 bridgehead atoms. The lowest BCUT2D eigenvalue weighted by molar-refractivity contribution is 0.327. The van der Waals surface area contributed by atoms with Gasteiger partial charge in [-0.1, -0.05) is 12.8 Å². The van der Waals surface area contributed by atoms with E-state index in [-0.39, 0.29) is 0 Å². The lowest BCUT2D eigenvalue weighted by Gasteiger charge is -2.27. The summed E-state index contributed by atoms with van der Waals surface area (Å²) in [6, 6.07) is 0.920. The molecular formula is C11H20N2. The molecule has 0 aromatic carbocycles. The molecule has 2 N–H and O–H groups in total. The molecule has 2 heteroatoms. The molecule has 2 unspecified atom stereocenters. The van der Waals surface area contributed by atoms with Gasteiger partial charge in [-0.3, -0.25) is 0 Å². The zero-order valence-electron chi connectivity index (χ0n) is 8.26. The van der Waals surface area contributed by atoms with Crippen LogP contribution in [0.1, 0.15) is 25.7 Å². The molecule has 1 heterocycles. The Morgan fingerprint density at radius 3 is 2.31 bits per heavy atom. The Morgan fingerprint density at radius 2 is 1.77 bits per heavy atom. The molecule has 1 aliphatic heterocycles. The van der Waals surface area contributed by atoms with Gasteiger partial charge in [0.1, 0.15) is 0 Å². The fourth-order valence-electron chi connectivity index (χ4n) is 3.09. The van der Waals surface area contributed by atoms with Gasteiger partial charge in [0.25, 0.3) is 0 Å². The lowest BCUT2D eigenvalue weighted by Crippen LogP contribution is -2.47.